The van der Waals surface area contributed by atoms with E-state index < -0.39 is 35.4 Å². The van der Waals surface area contributed by atoms with Gasteiger partial charge in [-0.3, -0.25) is 4.79 Å². The minimum absolute atomic E-state index is 0.0886. The van der Waals surface area contributed by atoms with E-state index in [1.807, 2.05) is 6.07 Å². The van der Waals surface area contributed by atoms with E-state index >= 15 is 0 Å². The van der Waals surface area contributed by atoms with E-state index in [-0.39, 0.29) is 30.9 Å². The molecule has 4 heterocycles. The number of aliphatic hydroxyl groups excluding tert-OH is 1. The topological polar surface area (TPSA) is 122 Å². The van der Waals surface area contributed by atoms with Crippen LogP contribution < -0.4 is 10.4 Å². The van der Waals surface area contributed by atoms with Crippen LogP contribution in [0.5, 0.6) is 5.75 Å². The largest absolute Gasteiger partial charge is 0.482 e. The van der Waals surface area contributed by atoms with Gasteiger partial charge in [0.25, 0.3) is 0 Å². The number of esters is 2. The summed E-state index contributed by atoms with van der Waals surface area (Å²) in [5.41, 5.74) is 6.80. The molecule has 4 atom stereocenters. The standard InChI is InChI=1S/C52H52O9/c1-33(32-53)43-21-18-36-17-19-40-29-38(16-15-35-12-9-13-37(27-35)26-34-10-5-4-6-11-34)30-45(54)58-48-46-44(22-20-41-31-42(23-25-57-3)50(55)59-47(41)46)61-52(2,49(48)60-51(43)56)24-8-7-14-39(40)28-36/h4-6,9-13,17,19-20,22,27-28,31,38,48-49,53H,14-16,18,21,23-26,29-30,32H2,1-3H3/b43-33-/t38-,48+,49-,52+/m0/s1. The lowest BCUT2D eigenvalue weighted by atomic mass is 9.83. The molecular weight excluding hydrogens is 769 g/mol. The van der Waals surface area contributed by atoms with Crippen molar-refractivity contribution in [1.29, 1.82) is 0 Å². The molecule has 9 nitrogen and oxygen atoms in total. The molecule has 0 spiro atoms. The van der Waals surface area contributed by atoms with Crippen LogP contribution in [0.3, 0.4) is 0 Å². The SMILES string of the molecule is COCCc1cc2ccc3c(c2oc1=O)[C@H]1OC(=O)C[C@@H](CCc2cccc(Cc4ccccc4)c2)Cc2ccc4cc2CC#CC[C@@](C)(O3)[C@H]1OC(=O)/C(=C(/C)CO)CC4. The molecule has 0 aliphatic carbocycles. The second-order valence-electron chi connectivity index (χ2n) is 16.9. The number of fused-ring (bicyclic) bond motifs is 7. The maximum Gasteiger partial charge on any atom is 0.339 e. The number of hydrogen-bond donors (Lipinski definition) is 1. The Labute approximate surface area is 356 Å². The highest BCUT2D eigenvalue weighted by Crippen LogP contribution is 2.48. The zero-order valence-corrected chi connectivity index (χ0v) is 35.1. The van der Waals surface area contributed by atoms with Gasteiger partial charge in [-0.05, 0) is 115 Å². The number of rotatable bonds is 9. The van der Waals surface area contributed by atoms with E-state index in [4.69, 9.17) is 23.4 Å². The predicted molar refractivity (Wildman–Crippen MR) is 232 cm³/mol. The number of carbonyl (C=O) groups excluding carboxylic acids is 2. The summed E-state index contributed by atoms with van der Waals surface area (Å²) in [5, 5.41) is 10.9. The van der Waals surface area contributed by atoms with Crippen LogP contribution >= 0.6 is 0 Å². The van der Waals surface area contributed by atoms with Crippen LogP contribution in [-0.2, 0) is 62.3 Å². The average Bonchev–Trinajstić information content (AvgIpc) is 3.25. The Morgan fingerprint density at radius 2 is 1.67 bits per heavy atom. The Bertz CT molecular complexity index is 2590. The molecule has 3 aliphatic rings. The first-order chi connectivity index (χ1) is 29.6. The van der Waals surface area contributed by atoms with E-state index in [1.165, 1.54) is 16.7 Å². The summed E-state index contributed by atoms with van der Waals surface area (Å²) in [6.07, 6.45) is 2.41. The van der Waals surface area contributed by atoms with Crippen LogP contribution in [0.25, 0.3) is 11.0 Å². The fourth-order valence-electron chi connectivity index (χ4n) is 8.95. The molecule has 5 bridgehead atoms. The van der Waals surface area contributed by atoms with Crippen LogP contribution in [0.1, 0.15) is 90.1 Å². The summed E-state index contributed by atoms with van der Waals surface area (Å²) >= 11 is 0. The van der Waals surface area contributed by atoms with Gasteiger partial charge in [-0.1, -0.05) is 84.6 Å². The molecule has 0 saturated carbocycles. The van der Waals surface area contributed by atoms with Crippen molar-refractivity contribution in [1.82, 2.24) is 0 Å². The van der Waals surface area contributed by atoms with E-state index in [9.17, 15) is 19.5 Å². The predicted octanol–water partition coefficient (Wildman–Crippen LogP) is 8.31. The van der Waals surface area contributed by atoms with Crippen molar-refractivity contribution in [3.05, 3.63) is 157 Å². The van der Waals surface area contributed by atoms with Crippen LogP contribution in [0, 0.1) is 17.8 Å². The number of aryl methyl sites for hydroxylation is 2. The highest BCUT2D eigenvalue weighted by atomic mass is 16.6. The maximum atomic E-state index is 14.6. The van der Waals surface area contributed by atoms with Crippen molar-refractivity contribution in [3.8, 4) is 17.6 Å². The van der Waals surface area contributed by atoms with Gasteiger partial charge in [0.2, 0.25) is 0 Å². The highest BCUT2D eigenvalue weighted by molar-refractivity contribution is 5.90. The molecule has 314 valence electrons. The lowest BCUT2D eigenvalue weighted by Gasteiger charge is -2.44. The van der Waals surface area contributed by atoms with Crippen LogP contribution in [0.15, 0.2) is 111 Å². The Balaban J connectivity index is 1.23. The fourth-order valence-corrected chi connectivity index (χ4v) is 8.95. The first-order valence-electron chi connectivity index (χ1n) is 21.3. The van der Waals surface area contributed by atoms with Crippen molar-refractivity contribution in [3.63, 3.8) is 0 Å². The molecule has 3 aliphatic heterocycles. The zero-order valence-electron chi connectivity index (χ0n) is 35.1. The van der Waals surface area contributed by atoms with Crippen LogP contribution in [0.2, 0.25) is 0 Å². The van der Waals surface area contributed by atoms with Crippen LogP contribution in [0.4, 0.5) is 0 Å². The van der Waals surface area contributed by atoms with Crippen LogP contribution in [-0.4, -0.2) is 49.1 Å². The Hall–Kier alpha value is -5.95. The average molecular weight is 821 g/mol. The van der Waals surface area contributed by atoms with Gasteiger partial charge in [-0.2, -0.15) is 0 Å². The molecule has 61 heavy (non-hydrogen) atoms. The quantitative estimate of drug-likeness (QED) is 0.0678. The van der Waals surface area contributed by atoms with Gasteiger partial charge in [-0.15, -0.1) is 0 Å². The summed E-state index contributed by atoms with van der Waals surface area (Å²) in [5.74, 6) is 5.84. The lowest BCUT2D eigenvalue weighted by molar-refractivity contribution is -0.190. The molecule has 0 amide bonds. The summed E-state index contributed by atoms with van der Waals surface area (Å²) in [4.78, 5) is 42.5. The number of carbonyl (C=O) groups is 2. The maximum absolute atomic E-state index is 14.6. The van der Waals surface area contributed by atoms with Gasteiger partial charge in [0.1, 0.15) is 11.3 Å². The third-order valence-corrected chi connectivity index (χ3v) is 12.4. The van der Waals surface area contributed by atoms with Crippen molar-refractivity contribution >= 4 is 22.9 Å². The Morgan fingerprint density at radius 3 is 2.49 bits per heavy atom. The summed E-state index contributed by atoms with van der Waals surface area (Å²) in [6, 6.07) is 30.8. The van der Waals surface area contributed by atoms with Gasteiger partial charge in [0.05, 0.1) is 25.2 Å². The van der Waals surface area contributed by atoms with E-state index in [0.717, 1.165) is 29.5 Å². The normalized spacial score (nSPS) is 22.1. The molecule has 0 saturated heterocycles. The van der Waals surface area contributed by atoms with Gasteiger partial charge in [0.15, 0.2) is 17.8 Å². The molecule has 1 aromatic heterocycles. The van der Waals surface area contributed by atoms with Crippen molar-refractivity contribution in [2.45, 2.75) is 95.9 Å². The molecule has 1 N–H and O–H groups in total. The van der Waals surface area contributed by atoms with Gasteiger partial charge in [0, 0.05) is 42.9 Å². The molecule has 9 heteroatoms. The lowest BCUT2D eigenvalue weighted by Crippen LogP contribution is -2.54. The molecule has 4 aromatic carbocycles. The first-order valence-corrected chi connectivity index (χ1v) is 21.3. The summed E-state index contributed by atoms with van der Waals surface area (Å²) in [6.45, 7) is 3.51. The van der Waals surface area contributed by atoms with Gasteiger partial charge < -0.3 is 28.5 Å². The molecular formula is C52H52O9. The van der Waals surface area contributed by atoms with Crippen molar-refractivity contribution < 1.29 is 38.1 Å². The monoisotopic (exact) mass is 820 g/mol. The Morgan fingerprint density at radius 1 is 0.852 bits per heavy atom. The summed E-state index contributed by atoms with van der Waals surface area (Å²) in [7, 11) is 1.57. The van der Waals surface area contributed by atoms with E-state index in [1.54, 1.807) is 39.2 Å². The molecule has 0 radical (unpaired) electrons. The number of hydrogen-bond acceptors (Lipinski definition) is 9. The molecule has 5 aromatic rings. The number of benzene rings is 4. The minimum Gasteiger partial charge on any atom is -0.482 e. The zero-order chi connectivity index (χ0) is 42.5. The second kappa shape index (κ2) is 18.3. The summed E-state index contributed by atoms with van der Waals surface area (Å²) < 4.78 is 31.1. The van der Waals surface area contributed by atoms with E-state index in [2.05, 4.69) is 78.6 Å². The van der Waals surface area contributed by atoms with Crippen molar-refractivity contribution in [2.75, 3.05) is 20.3 Å². The fraction of sp³-hybridized carbons (Fsp3) is 0.365. The third kappa shape index (κ3) is 9.36. The molecule has 0 unspecified atom stereocenters. The first kappa shape index (κ1) is 41.8. The number of aliphatic hydroxyl groups is 1. The second-order valence-corrected chi connectivity index (χ2v) is 16.9. The van der Waals surface area contributed by atoms with Gasteiger partial charge >= 0.3 is 17.6 Å². The third-order valence-electron chi connectivity index (χ3n) is 12.4. The van der Waals surface area contributed by atoms with Crippen molar-refractivity contribution in [2.24, 2.45) is 5.92 Å². The minimum atomic E-state index is -1.30. The highest BCUT2D eigenvalue weighted by Gasteiger charge is 2.53. The smallest absolute Gasteiger partial charge is 0.339 e. The van der Waals surface area contributed by atoms with E-state index in [0.29, 0.717) is 78.5 Å². The molecule has 8 rings (SSSR count). The van der Waals surface area contributed by atoms with Gasteiger partial charge in [-0.25, -0.2) is 9.59 Å². The molecule has 0 fully saturated rings. The Kier molecular flexibility index (Phi) is 12.6. The number of methoxy groups -OCH3 is 1. The number of ether oxygens (including phenoxy) is 4.